The molecule has 12 aromatic rings. The maximum Gasteiger partial charge on any atom is 0.125 e. The lowest BCUT2D eigenvalue weighted by Crippen LogP contribution is -2.54. The number of anilines is 8. The highest BCUT2D eigenvalue weighted by atomic mass is 19.1. The molecule has 20 rings (SSSR count). The van der Waals surface area contributed by atoms with Gasteiger partial charge in [0.1, 0.15) is 23.3 Å². The lowest BCUT2D eigenvalue weighted by molar-refractivity contribution is 0.195. The Hall–Kier alpha value is -9.40. The SMILES string of the molecule is CC12CCCCC1(C)N(c1cccc(F)c1)c1ccc(-c3cc(-c4ccc5c(c4)C4(C)CCCCC4(C)N5c4cccc(F)c4)c4ccc5c(-c6ccc7c(c6)C6(C)CCCCC6(C)N7c6cccc(F)c6)cc(-c6ccc7c(c6)C6(C)CCCCC6(C)N7c6cccc(F)c6)c6ccc3c4c65)cc12. The van der Waals surface area contributed by atoms with Crippen LogP contribution in [-0.4, -0.2) is 22.2 Å². The quantitative estimate of drug-likeness (QED) is 0.111. The summed E-state index contributed by atoms with van der Waals surface area (Å²) in [6.45, 7) is 19.6. The van der Waals surface area contributed by atoms with Gasteiger partial charge in [-0.2, -0.15) is 0 Å². The minimum atomic E-state index is -0.293. The molecule has 8 atom stereocenters. The van der Waals surface area contributed by atoms with Crippen molar-refractivity contribution in [2.75, 3.05) is 19.6 Å². The second-order valence-electron chi connectivity index (χ2n) is 34.5. The highest BCUT2D eigenvalue weighted by Crippen LogP contribution is 2.67. The fourth-order valence-corrected chi connectivity index (χ4v) is 23.6. The van der Waals surface area contributed by atoms with Gasteiger partial charge in [-0.25, -0.2) is 17.6 Å². The van der Waals surface area contributed by atoms with Crippen LogP contribution in [0, 0.1) is 23.3 Å². The first-order chi connectivity index (χ1) is 50.1. The van der Waals surface area contributed by atoms with Crippen LogP contribution in [0.1, 0.15) is 180 Å². The Morgan fingerprint density at radius 1 is 0.240 bits per heavy atom. The van der Waals surface area contributed by atoms with Crippen LogP contribution in [-0.2, 0) is 21.7 Å². The van der Waals surface area contributed by atoms with Crippen molar-refractivity contribution in [3.63, 3.8) is 0 Å². The summed E-state index contributed by atoms with van der Waals surface area (Å²) in [6, 6.07) is 72.5. The summed E-state index contributed by atoms with van der Waals surface area (Å²) in [5, 5.41) is 7.17. The molecule has 8 unspecified atom stereocenters. The summed E-state index contributed by atoms with van der Waals surface area (Å²) < 4.78 is 62.2. The van der Waals surface area contributed by atoms with Gasteiger partial charge >= 0.3 is 0 Å². The zero-order valence-electron chi connectivity index (χ0n) is 61.2. The molecule has 4 nitrogen and oxygen atoms in total. The highest BCUT2D eigenvalue weighted by Gasteiger charge is 2.62. The van der Waals surface area contributed by atoms with Crippen molar-refractivity contribution >= 4 is 77.8 Å². The Balaban J connectivity index is 0.874. The molecule has 8 heteroatoms. The van der Waals surface area contributed by atoms with Crippen molar-refractivity contribution in [3.05, 3.63) is 252 Å². The second-order valence-corrected chi connectivity index (χ2v) is 34.5. The fourth-order valence-electron chi connectivity index (χ4n) is 23.6. The van der Waals surface area contributed by atoms with Gasteiger partial charge < -0.3 is 19.6 Å². The molecule has 4 saturated carbocycles. The molecule has 0 amide bonds. The molecular formula is C96H90F4N4. The molecule has 4 aliphatic carbocycles. The summed E-state index contributed by atoms with van der Waals surface area (Å²) >= 11 is 0. The Morgan fingerprint density at radius 3 is 0.683 bits per heavy atom. The summed E-state index contributed by atoms with van der Waals surface area (Å²) in [7, 11) is 0. The Kier molecular flexibility index (Phi) is 13.6. The van der Waals surface area contributed by atoms with E-state index >= 15 is 17.6 Å². The third-order valence-corrected chi connectivity index (χ3v) is 29.8. The topological polar surface area (TPSA) is 13.0 Å². The van der Waals surface area contributed by atoms with Crippen molar-refractivity contribution in [2.24, 2.45) is 0 Å². The minimum Gasteiger partial charge on any atom is -0.334 e. The lowest BCUT2D eigenvalue weighted by Gasteiger charge is -2.50. The summed E-state index contributed by atoms with van der Waals surface area (Å²) in [5.41, 5.74) is 20.5. The summed E-state index contributed by atoms with van der Waals surface area (Å²) in [5.74, 6) is -0.919. The summed E-state index contributed by atoms with van der Waals surface area (Å²) in [6.07, 6.45) is 17.0. The average molecular weight is 1380 g/mol. The van der Waals surface area contributed by atoms with Gasteiger partial charge in [-0.3, -0.25) is 0 Å². The molecule has 0 bridgehead atoms. The van der Waals surface area contributed by atoms with Crippen LogP contribution >= 0.6 is 0 Å². The Labute approximate surface area is 609 Å². The van der Waals surface area contributed by atoms with Crippen molar-refractivity contribution in [2.45, 2.75) is 202 Å². The first-order valence-corrected chi connectivity index (χ1v) is 38.7. The number of hydrogen-bond acceptors (Lipinski definition) is 4. The van der Waals surface area contributed by atoms with Crippen LogP contribution in [0.3, 0.4) is 0 Å². The van der Waals surface area contributed by atoms with Gasteiger partial charge in [-0.05, 0) is 312 Å². The van der Waals surface area contributed by atoms with Gasteiger partial charge in [-0.15, -0.1) is 0 Å². The molecule has 12 aromatic carbocycles. The van der Waals surface area contributed by atoms with Crippen LogP contribution in [0.15, 0.2) is 206 Å². The van der Waals surface area contributed by atoms with Gasteiger partial charge in [-0.1, -0.05) is 152 Å². The Bertz CT molecular complexity index is 4960. The van der Waals surface area contributed by atoms with E-state index in [1.54, 1.807) is 48.5 Å². The molecule has 0 N–H and O–H groups in total. The number of halogens is 4. The molecule has 4 aliphatic heterocycles. The molecule has 0 aromatic heterocycles. The van der Waals surface area contributed by atoms with Crippen LogP contribution in [0.5, 0.6) is 0 Å². The Morgan fingerprint density at radius 2 is 0.462 bits per heavy atom. The van der Waals surface area contributed by atoms with E-state index in [9.17, 15) is 0 Å². The molecule has 8 aliphatic rings. The van der Waals surface area contributed by atoms with Crippen molar-refractivity contribution < 1.29 is 17.6 Å². The van der Waals surface area contributed by atoms with Gasteiger partial charge in [0.15, 0.2) is 0 Å². The smallest absolute Gasteiger partial charge is 0.125 e. The van der Waals surface area contributed by atoms with Crippen LogP contribution < -0.4 is 19.6 Å². The maximum atomic E-state index is 15.6. The number of rotatable bonds is 8. The van der Waals surface area contributed by atoms with Gasteiger partial charge in [0.2, 0.25) is 0 Å². The van der Waals surface area contributed by atoms with E-state index in [1.165, 1.54) is 54.6 Å². The van der Waals surface area contributed by atoms with E-state index < -0.39 is 0 Å². The van der Waals surface area contributed by atoms with E-state index in [0.29, 0.717) is 0 Å². The zero-order chi connectivity index (χ0) is 71.0. The third-order valence-electron chi connectivity index (χ3n) is 29.8. The molecule has 4 fully saturated rings. The number of fused-ring (bicyclic) bond motifs is 12. The zero-order valence-corrected chi connectivity index (χ0v) is 61.2. The molecule has 4 heterocycles. The predicted octanol–water partition coefficient (Wildman–Crippen LogP) is 26.8. The van der Waals surface area contributed by atoms with Crippen LogP contribution in [0.25, 0.3) is 76.8 Å². The van der Waals surface area contributed by atoms with E-state index in [4.69, 9.17) is 0 Å². The molecule has 522 valence electrons. The summed E-state index contributed by atoms with van der Waals surface area (Å²) in [4.78, 5) is 9.91. The van der Waals surface area contributed by atoms with Crippen molar-refractivity contribution in [3.8, 4) is 44.5 Å². The number of benzene rings is 12. The molecule has 104 heavy (non-hydrogen) atoms. The monoisotopic (exact) mass is 1370 g/mol. The van der Waals surface area contributed by atoms with Crippen molar-refractivity contribution in [1.82, 2.24) is 0 Å². The van der Waals surface area contributed by atoms with Gasteiger partial charge in [0.05, 0.1) is 22.2 Å². The largest absolute Gasteiger partial charge is 0.334 e. The first-order valence-electron chi connectivity index (χ1n) is 38.7. The molecule has 0 saturated heterocycles. The van der Waals surface area contributed by atoms with Crippen LogP contribution in [0.4, 0.5) is 63.1 Å². The van der Waals surface area contributed by atoms with E-state index in [2.05, 4.69) is 208 Å². The maximum absolute atomic E-state index is 15.6. The number of hydrogen-bond donors (Lipinski definition) is 0. The van der Waals surface area contributed by atoms with Gasteiger partial charge in [0.25, 0.3) is 0 Å². The van der Waals surface area contributed by atoms with E-state index in [-0.39, 0.29) is 67.1 Å². The third kappa shape index (κ3) is 8.37. The fraction of sp³-hybridized carbons (Fsp3) is 0.333. The second kappa shape index (κ2) is 22.1. The molecule has 0 radical (unpaired) electrons. The van der Waals surface area contributed by atoms with Crippen molar-refractivity contribution in [1.29, 1.82) is 0 Å². The van der Waals surface area contributed by atoms with E-state index in [0.717, 1.165) is 193 Å². The highest BCUT2D eigenvalue weighted by molar-refractivity contribution is 6.32. The lowest BCUT2D eigenvalue weighted by atomic mass is 9.61. The first kappa shape index (κ1) is 64.2. The van der Waals surface area contributed by atoms with Gasteiger partial charge in [0, 0.05) is 67.2 Å². The molecular weight excluding hydrogens is 1290 g/mol. The minimum absolute atomic E-state index is 0.230. The average Bonchev–Trinajstić information content (AvgIpc) is 1.70. The van der Waals surface area contributed by atoms with E-state index in [1.807, 2.05) is 24.3 Å². The number of nitrogens with zero attached hydrogens (tertiary/aromatic N) is 4. The standard InChI is InChI=1S/C96H90F4N4/c1-89-41-9-13-45-93(89,5)101(67-25-17-21-63(97)53-67)83-37-29-59(49-79(83)89)75-57-76(60-30-38-84-80(50-60)90(2)42-10-14-46-94(90,6)102(84)68-26-18-22-64(98)54-68)72-35-36-74-78(62-32-40-86-82(52-62)92(4)44-12-16-48-96(92,8)104(86)70-28-20-24-66(100)56-70)58-77(73-34-33-71(75)87(72)88(73)74)61-31-39-85-81(51-61)91(3)43-11-15-47-95(91,7)103(85)69-27-19-23-65(99)55-69/h17-40,49-58H,9-16,41-48H2,1-8H3. The normalized spacial score (nSPS) is 28.0. The predicted molar refractivity (Wildman–Crippen MR) is 423 cm³/mol. The molecule has 0 spiro atoms. The van der Waals surface area contributed by atoms with Crippen LogP contribution in [0.2, 0.25) is 0 Å².